The van der Waals surface area contributed by atoms with Crippen LogP contribution in [0.15, 0.2) is 70.5 Å². The molecule has 0 aliphatic rings. The SMILES string of the molecule is CSc1ccc(S(=O)(=O)Nc2ccc([N+](=O)[O-])c3ccccc23)cc1. The molecule has 6 nitrogen and oxygen atoms in total. The van der Waals surface area contributed by atoms with Crippen molar-refractivity contribution in [2.45, 2.75) is 9.79 Å². The summed E-state index contributed by atoms with van der Waals surface area (Å²) < 4.78 is 27.7. The normalized spacial score (nSPS) is 11.4. The number of hydrogen-bond acceptors (Lipinski definition) is 5. The number of nitro groups is 1. The van der Waals surface area contributed by atoms with E-state index < -0.39 is 14.9 Å². The Morgan fingerprint density at radius 1 is 0.960 bits per heavy atom. The molecule has 0 aromatic heterocycles. The second-order valence-electron chi connectivity index (χ2n) is 5.22. The zero-order valence-corrected chi connectivity index (χ0v) is 14.8. The van der Waals surface area contributed by atoms with Gasteiger partial charge in [-0.2, -0.15) is 0 Å². The lowest BCUT2D eigenvalue weighted by Gasteiger charge is -2.11. The van der Waals surface area contributed by atoms with Crippen LogP contribution in [0.1, 0.15) is 0 Å². The number of sulfonamides is 1. The molecule has 0 bridgehead atoms. The molecule has 0 saturated carbocycles. The molecule has 3 aromatic carbocycles. The quantitative estimate of drug-likeness (QED) is 0.409. The Morgan fingerprint density at radius 3 is 2.20 bits per heavy atom. The van der Waals surface area contributed by atoms with Gasteiger partial charge in [-0.05, 0) is 42.7 Å². The number of non-ortho nitro benzene ring substituents is 1. The van der Waals surface area contributed by atoms with E-state index in [0.29, 0.717) is 16.5 Å². The van der Waals surface area contributed by atoms with Gasteiger partial charge in [-0.1, -0.05) is 18.2 Å². The van der Waals surface area contributed by atoms with Crippen LogP contribution in [-0.2, 0) is 10.0 Å². The molecule has 0 fully saturated rings. The number of hydrogen-bond donors (Lipinski definition) is 1. The van der Waals surface area contributed by atoms with Gasteiger partial charge in [0.25, 0.3) is 15.7 Å². The van der Waals surface area contributed by atoms with Crippen LogP contribution in [0.2, 0.25) is 0 Å². The van der Waals surface area contributed by atoms with Gasteiger partial charge in [-0.25, -0.2) is 8.42 Å². The van der Waals surface area contributed by atoms with E-state index in [4.69, 9.17) is 0 Å². The van der Waals surface area contributed by atoms with Crippen molar-refractivity contribution in [1.82, 2.24) is 0 Å². The van der Waals surface area contributed by atoms with E-state index in [0.717, 1.165) is 4.90 Å². The predicted molar refractivity (Wildman–Crippen MR) is 99.6 cm³/mol. The fourth-order valence-electron chi connectivity index (χ4n) is 2.49. The topological polar surface area (TPSA) is 89.3 Å². The van der Waals surface area contributed by atoms with Crippen LogP contribution in [0.5, 0.6) is 0 Å². The number of anilines is 1. The van der Waals surface area contributed by atoms with E-state index in [2.05, 4.69) is 4.72 Å². The molecule has 0 spiro atoms. The van der Waals surface area contributed by atoms with Gasteiger partial charge in [-0.3, -0.25) is 14.8 Å². The third-order valence-electron chi connectivity index (χ3n) is 3.71. The molecule has 0 atom stereocenters. The van der Waals surface area contributed by atoms with Crippen molar-refractivity contribution in [3.8, 4) is 0 Å². The van der Waals surface area contributed by atoms with Crippen molar-refractivity contribution < 1.29 is 13.3 Å². The van der Waals surface area contributed by atoms with Crippen LogP contribution in [0.3, 0.4) is 0 Å². The lowest BCUT2D eigenvalue weighted by Crippen LogP contribution is -2.13. The minimum absolute atomic E-state index is 0.0668. The minimum atomic E-state index is -3.79. The third kappa shape index (κ3) is 3.45. The molecular formula is C17H14N2O4S2. The lowest BCUT2D eigenvalue weighted by molar-refractivity contribution is -0.383. The highest BCUT2D eigenvalue weighted by molar-refractivity contribution is 7.98. The first kappa shape index (κ1) is 17.2. The Balaban J connectivity index is 2.05. The first-order valence-electron chi connectivity index (χ1n) is 7.25. The van der Waals surface area contributed by atoms with Crippen molar-refractivity contribution in [2.24, 2.45) is 0 Å². The molecular weight excluding hydrogens is 360 g/mol. The summed E-state index contributed by atoms with van der Waals surface area (Å²) in [4.78, 5) is 11.8. The summed E-state index contributed by atoms with van der Waals surface area (Å²) in [6.07, 6.45) is 1.91. The molecule has 25 heavy (non-hydrogen) atoms. The molecule has 1 N–H and O–H groups in total. The summed E-state index contributed by atoms with van der Waals surface area (Å²) >= 11 is 1.52. The van der Waals surface area contributed by atoms with Crippen molar-refractivity contribution >= 4 is 43.9 Å². The number of nitro benzene ring substituents is 1. The van der Waals surface area contributed by atoms with Gasteiger partial charge >= 0.3 is 0 Å². The predicted octanol–water partition coefficient (Wildman–Crippen LogP) is 4.27. The molecule has 128 valence electrons. The molecule has 0 aliphatic carbocycles. The summed E-state index contributed by atoms with van der Waals surface area (Å²) in [5.41, 5.74) is 0.234. The highest BCUT2D eigenvalue weighted by Crippen LogP contribution is 2.32. The lowest BCUT2D eigenvalue weighted by atomic mass is 10.1. The van der Waals surface area contributed by atoms with Crippen LogP contribution in [0.25, 0.3) is 10.8 Å². The molecule has 3 aromatic rings. The van der Waals surface area contributed by atoms with Crippen molar-refractivity contribution in [2.75, 3.05) is 11.0 Å². The highest BCUT2D eigenvalue weighted by Gasteiger charge is 2.19. The molecule has 0 aliphatic heterocycles. The molecule has 0 heterocycles. The molecule has 3 rings (SSSR count). The smallest absolute Gasteiger partial charge is 0.277 e. The summed E-state index contributed by atoms with van der Waals surface area (Å²) in [7, 11) is -3.79. The summed E-state index contributed by atoms with van der Waals surface area (Å²) in [6.45, 7) is 0. The van der Waals surface area contributed by atoms with Gasteiger partial charge in [0, 0.05) is 16.3 Å². The molecule has 0 radical (unpaired) electrons. The van der Waals surface area contributed by atoms with E-state index in [1.807, 2.05) is 6.26 Å². The van der Waals surface area contributed by atoms with Gasteiger partial charge in [-0.15, -0.1) is 11.8 Å². The molecule has 0 amide bonds. The second-order valence-corrected chi connectivity index (χ2v) is 7.78. The van der Waals surface area contributed by atoms with E-state index in [-0.39, 0.29) is 10.6 Å². The largest absolute Gasteiger partial charge is 0.279 e. The van der Waals surface area contributed by atoms with E-state index in [9.17, 15) is 18.5 Å². The van der Waals surface area contributed by atoms with Gasteiger partial charge in [0.2, 0.25) is 0 Å². The first-order chi connectivity index (χ1) is 11.9. The summed E-state index contributed by atoms with van der Waals surface area (Å²) in [5, 5.41) is 12.0. The van der Waals surface area contributed by atoms with Gasteiger partial charge in [0.15, 0.2) is 0 Å². The van der Waals surface area contributed by atoms with E-state index >= 15 is 0 Å². The zero-order chi connectivity index (χ0) is 18.0. The Kier molecular flexibility index (Phi) is 4.65. The van der Waals surface area contributed by atoms with Crippen molar-refractivity contribution in [1.29, 1.82) is 0 Å². The van der Waals surface area contributed by atoms with Crippen molar-refractivity contribution in [3.63, 3.8) is 0 Å². The average molecular weight is 374 g/mol. The van der Waals surface area contributed by atoms with Crippen LogP contribution < -0.4 is 4.72 Å². The van der Waals surface area contributed by atoms with Crippen LogP contribution >= 0.6 is 11.8 Å². The molecule has 8 heteroatoms. The van der Waals surface area contributed by atoms with Gasteiger partial charge < -0.3 is 0 Å². The average Bonchev–Trinajstić information content (AvgIpc) is 2.61. The fraction of sp³-hybridized carbons (Fsp3) is 0.0588. The minimum Gasteiger partial charge on any atom is -0.279 e. The maximum atomic E-state index is 12.6. The summed E-state index contributed by atoms with van der Waals surface area (Å²) in [6, 6.07) is 15.9. The fourth-order valence-corrected chi connectivity index (χ4v) is 3.98. The third-order valence-corrected chi connectivity index (χ3v) is 5.84. The van der Waals surface area contributed by atoms with E-state index in [1.54, 1.807) is 36.4 Å². The van der Waals surface area contributed by atoms with Crippen LogP contribution in [-0.4, -0.2) is 19.6 Å². The highest BCUT2D eigenvalue weighted by atomic mass is 32.2. The standard InChI is InChI=1S/C17H14N2O4S2/c1-24-12-6-8-13(9-7-12)25(22,23)18-16-10-11-17(19(20)21)15-5-3-2-4-14(15)16/h2-11,18H,1H3. The maximum Gasteiger partial charge on any atom is 0.277 e. The Bertz CT molecular complexity index is 1050. The molecule has 0 saturated heterocycles. The number of rotatable bonds is 5. The number of fused-ring (bicyclic) bond motifs is 1. The number of thioether (sulfide) groups is 1. The first-order valence-corrected chi connectivity index (χ1v) is 9.96. The maximum absolute atomic E-state index is 12.6. The van der Waals surface area contributed by atoms with E-state index in [1.165, 1.54) is 36.0 Å². The second kappa shape index (κ2) is 6.73. The molecule has 0 unspecified atom stereocenters. The Morgan fingerprint density at radius 2 is 1.60 bits per heavy atom. The van der Waals surface area contributed by atoms with Gasteiger partial charge in [0.1, 0.15) is 0 Å². The van der Waals surface area contributed by atoms with Crippen molar-refractivity contribution in [3.05, 3.63) is 70.8 Å². The Labute approximate surface area is 149 Å². The van der Waals surface area contributed by atoms with Gasteiger partial charge in [0.05, 0.1) is 20.9 Å². The van der Waals surface area contributed by atoms with Crippen LogP contribution in [0, 0.1) is 10.1 Å². The number of nitrogens with one attached hydrogen (secondary N) is 1. The zero-order valence-electron chi connectivity index (χ0n) is 13.2. The Hall–Kier alpha value is -2.58. The number of nitrogens with zero attached hydrogens (tertiary/aromatic N) is 1. The monoisotopic (exact) mass is 374 g/mol. The summed E-state index contributed by atoms with van der Waals surface area (Å²) in [5.74, 6) is 0. The number of benzene rings is 3. The van der Waals surface area contributed by atoms with Crippen LogP contribution in [0.4, 0.5) is 11.4 Å².